The van der Waals surface area contributed by atoms with Crippen LogP contribution < -0.4 is 11.1 Å². The van der Waals surface area contributed by atoms with Crippen LogP contribution in [0.1, 0.15) is 16.1 Å². The number of nitrogens with one attached hydrogen (secondary N) is 1. The van der Waals surface area contributed by atoms with Gasteiger partial charge < -0.3 is 15.5 Å². The number of nitrogens with zero attached hydrogens (tertiary/aromatic N) is 3. The topological polar surface area (TPSA) is 133 Å². The van der Waals surface area contributed by atoms with E-state index in [0.29, 0.717) is 16.8 Å². The van der Waals surface area contributed by atoms with Gasteiger partial charge in [-0.25, -0.2) is 4.68 Å². The number of carbonyl (C=O) groups excluding carboxylic acids is 3. The number of nitrogens with two attached hydrogens (primary N) is 1. The smallest absolute Gasteiger partial charge is 0.287 e. The van der Waals surface area contributed by atoms with E-state index in [1.807, 2.05) is 18.2 Å². The number of furan rings is 1. The summed E-state index contributed by atoms with van der Waals surface area (Å²) in [5.41, 5.74) is 7.34. The van der Waals surface area contributed by atoms with E-state index in [2.05, 4.69) is 15.4 Å². The minimum atomic E-state index is -1.16. The molecule has 1 unspecified atom stereocenters. The summed E-state index contributed by atoms with van der Waals surface area (Å²) in [6, 6.07) is 11.0. The number of fused-ring (bicyclic) bond motifs is 1. The second kappa shape index (κ2) is 8.00. The molecule has 1 aromatic carbocycles. The van der Waals surface area contributed by atoms with Crippen molar-refractivity contribution in [3.63, 3.8) is 0 Å². The molecule has 0 aliphatic rings. The maximum Gasteiger partial charge on any atom is 0.287 e. The third-order valence-corrected chi connectivity index (χ3v) is 4.63. The molecule has 150 valence electrons. The molecule has 0 bridgehead atoms. The Morgan fingerprint density at radius 2 is 1.83 bits per heavy atom. The van der Waals surface area contributed by atoms with Gasteiger partial charge in [0.2, 0.25) is 5.78 Å². The van der Waals surface area contributed by atoms with Crippen molar-refractivity contribution in [2.24, 2.45) is 5.73 Å². The van der Waals surface area contributed by atoms with Gasteiger partial charge in [-0.2, -0.15) is 5.10 Å². The minimum absolute atomic E-state index is 0.0495. The van der Waals surface area contributed by atoms with Crippen LogP contribution >= 0.6 is 0 Å². The Morgan fingerprint density at radius 3 is 2.60 bits per heavy atom. The van der Waals surface area contributed by atoms with E-state index in [1.165, 1.54) is 23.2 Å². The largest absolute Gasteiger partial charge is 0.464 e. The lowest BCUT2D eigenvalue weighted by Crippen LogP contribution is -2.47. The normalized spacial score (nSPS) is 11.9. The van der Waals surface area contributed by atoms with Crippen molar-refractivity contribution in [2.45, 2.75) is 12.5 Å². The van der Waals surface area contributed by atoms with Crippen LogP contribution in [0.15, 0.2) is 71.7 Å². The highest BCUT2D eigenvalue weighted by Crippen LogP contribution is 2.22. The van der Waals surface area contributed by atoms with Crippen LogP contribution in [0.3, 0.4) is 0 Å². The Hall–Kier alpha value is -4.27. The first kappa shape index (κ1) is 19.1. The lowest BCUT2D eigenvalue weighted by atomic mass is 10.0. The Bertz CT molecular complexity index is 1230. The van der Waals surface area contributed by atoms with Crippen LogP contribution in [0.2, 0.25) is 0 Å². The first-order valence-corrected chi connectivity index (χ1v) is 9.08. The Kier molecular flexibility index (Phi) is 5.08. The molecule has 4 rings (SSSR count). The van der Waals surface area contributed by atoms with Gasteiger partial charge in [0.15, 0.2) is 0 Å². The zero-order valence-electron chi connectivity index (χ0n) is 15.7. The molecule has 2 amide bonds. The summed E-state index contributed by atoms with van der Waals surface area (Å²) in [6.45, 7) is 0. The molecule has 0 aliphatic carbocycles. The van der Waals surface area contributed by atoms with E-state index in [4.69, 9.17) is 10.2 Å². The summed E-state index contributed by atoms with van der Waals surface area (Å²) < 4.78 is 6.90. The lowest BCUT2D eigenvalue weighted by Gasteiger charge is -2.16. The highest BCUT2D eigenvalue weighted by molar-refractivity contribution is 6.38. The summed E-state index contributed by atoms with van der Waals surface area (Å²) in [4.78, 5) is 40.8. The number of carbonyl (C=O) groups is 3. The molecule has 9 nitrogen and oxygen atoms in total. The number of benzene rings is 1. The fourth-order valence-electron chi connectivity index (χ4n) is 3.19. The van der Waals surface area contributed by atoms with Gasteiger partial charge in [0, 0.05) is 29.8 Å². The fourth-order valence-corrected chi connectivity index (χ4v) is 3.19. The highest BCUT2D eigenvalue weighted by Gasteiger charge is 2.28. The molecule has 4 aromatic rings. The molecular weight excluding hydrogens is 386 g/mol. The number of para-hydroxylation sites is 1. The Labute approximate surface area is 170 Å². The molecule has 3 aromatic heterocycles. The minimum Gasteiger partial charge on any atom is -0.464 e. The first-order chi connectivity index (χ1) is 14.5. The van der Waals surface area contributed by atoms with Crippen LogP contribution in [-0.4, -0.2) is 38.4 Å². The highest BCUT2D eigenvalue weighted by atomic mass is 16.3. The lowest BCUT2D eigenvalue weighted by molar-refractivity contribution is -0.137. The second-order valence-corrected chi connectivity index (χ2v) is 6.55. The summed E-state index contributed by atoms with van der Waals surface area (Å²) in [7, 11) is 0. The van der Waals surface area contributed by atoms with Crippen LogP contribution in [0.5, 0.6) is 0 Å². The van der Waals surface area contributed by atoms with Crippen LogP contribution in [0, 0.1) is 0 Å². The number of Topliss-reactive ketones (excluding diaryl/α,β-unsaturated/α-hetero) is 1. The van der Waals surface area contributed by atoms with Gasteiger partial charge in [0.25, 0.3) is 11.8 Å². The quantitative estimate of drug-likeness (QED) is 0.448. The zero-order chi connectivity index (χ0) is 21.1. The van der Waals surface area contributed by atoms with Crippen LogP contribution in [0.4, 0.5) is 0 Å². The predicted molar refractivity (Wildman–Crippen MR) is 107 cm³/mol. The average molecular weight is 403 g/mol. The third-order valence-electron chi connectivity index (χ3n) is 4.63. The number of hydrogen-bond donors (Lipinski definition) is 2. The van der Waals surface area contributed by atoms with Gasteiger partial charge in [0.05, 0.1) is 18.1 Å². The molecule has 0 spiro atoms. The zero-order valence-corrected chi connectivity index (χ0v) is 15.7. The van der Waals surface area contributed by atoms with Crippen molar-refractivity contribution >= 4 is 28.6 Å². The van der Waals surface area contributed by atoms with Gasteiger partial charge >= 0.3 is 0 Å². The number of amides is 2. The van der Waals surface area contributed by atoms with E-state index in [-0.39, 0.29) is 12.1 Å². The summed E-state index contributed by atoms with van der Waals surface area (Å²) in [6.07, 6.45) is 6.15. The van der Waals surface area contributed by atoms with Gasteiger partial charge in [-0.3, -0.25) is 19.4 Å². The fraction of sp³-hybridized carbons (Fsp3) is 0.0952. The molecule has 0 radical (unpaired) electrons. The molecule has 0 fully saturated rings. The predicted octanol–water partition coefficient (Wildman–Crippen LogP) is 1.41. The summed E-state index contributed by atoms with van der Waals surface area (Å²) in [5, 5.41) is 7.54. The molecule has 0 saturated heterocycles. The number of rotatable bonds is 7. The van der Waals surface area contributed by atoms with Crippen LogP contribution in [-0.2, 0) is 16.0 Å². The van der Waals surface area contributed by atoms with Crippen molar-refractivity contribution in [3.05, 3.63) is 78.6 Å². The molecular formula is C21H17N5O4. The average Bonchev–Trinajstić information content (AvgIpc) is 3.41. The van der Waals surface area contributed by atoms with E-state index >= 15 is 0 Å². The molecule has 0 saturated carbocycles. The standard InChI is InChI=1S/C21H17N5O4/c22-20(28)19(27)16(11-13-12-30-18-4-2-1-3-15(13)18)25-21(29)17-7-10-24-26(17)14-5-8-23-9-6-14/h1-10,12,16H,11H2,(H2,22,28)(H,25,29). The molecule has 0 aliphatic heterocycles. The molecule has 1 atom stereocenters. The van der Waals surface area contributed by atoms with Gasteiger partial charge in [-0.1, -0.05) is 18.2 Å². The molecule has 9 heteroatoms. The van der Waals surface area contributed by atoms with Crippen molar-refractivity contribution in [3.8, 4) is 5.69 Å². The number of hydrogen-bond acceptors (Lipinski definition) is 6. The van der Waals surface area contributed by atoms with Crippen molar-refractivity contribution in [2.75, 3.05) is 0 Å². The van der Waals surface area contributed by atoms with Crippen LogP contribution in [0.25, 0.3) is 16.7 Å². The van der Waals surface area contributed by atoms with Gasteiger partial charge in [0.1, 0.15) is 17.3 Å². The number of pyridine rings is 1. The number of primary amides is 1. The third kappa shape index (κ3) is 3.68. The SMILES string of the molecule is NC(=O)C(=O)C(Cc1coc2ccccc12)NC(=O)c1ccnn1-c1ccncc1. The monoisotopic (exact) mass is 403 g/mol. The van der Waals surface area contributed by atoms with E-state index < -0.39 is 23.6 Å². The summed E-state index contributed by atoms with van der Waals surface area (Å²) >= 11 is 0. The van der Waals surface area contributed by atoms with E-state index in [1.54, 1.807) is 30.6 Å². The maximum atomic E-state index is 12.9. The maximum absolute atomic E-state index is 12.9. The van der Waals surface area contributed by atoms with Crippen molar-refractivity contribution in [1.29, 1.82) is 0 Å². The molecule has 3 heterocycles. The molecule has 30 heavy (non-hydrogen) atoms. The van der Waals surface area contributed by atoms with Crippen molar-refractivity contribution < 1.29 is 18.8 Å². The van der Waals surface area contributed by atoms with E-state index in [9.17, 15) is 14.4 Å². The molecule has 3 N–H and O–H groups in total. The van der Waals surface area contributed by atoms with E-state index in [0.717, 1.165) is 5.39 Å². The van der Waals surface area contributed by atoms with Gasteiger partial charge in [-0.15, -0.1) is 0 Å². The summed E-state index contributed by atoms with van der Waals surface area (Å²) in [5.74, 6) is -2.60. The van der Waals surface area contributed by atoms with Gasteiger partial charge in [-0.05, 0) is 24.3 Å². The number of ketones is 1. The second-order valence-electron chi connectivity index (χ2n) is 6.55. The Morgan fingerprint density at radius 1 is 1.07 bits per heavy atom. The first-order valence-electron chi connectivity index (χ1n) is 9.08. The van der Waals surface area contributed by atoms with Crippen molar-refractivity contribution in [1.82, 2.24) is 20.1 Å². The number of aromatic nitrogens is 3. The Balaban J connectivity index is 1.62.